The van der Waals surface area contributed by atoms with E-state index in [-0.39, 0.29) is 5.21 Å². The number of hydrogen-bond donors (Lipinski definition) is 0. The second-order valence-corrected chi connectivity index (χ2v) is 5.96. The van der Waals surface area contributed by atoms with E-state index in [1.165, 1.54) is 4.31 Å². The van der Waals surface area contributed by atoms with Crippen LogP contribution in [-0.2, 0) is 10.0 Å². The van der Waals surface area contributed by atoms with Crippen LogP contribution >= 0.6 is 11.6 Å². The summed E-state index contributed by atoms with van der Waals surface area (Å²) >= 11 is 5.49. The zero-order chi connectivity index (χ0) is 12.0. The normalized spacial score (nSPS) is 11.4. The van der Waals surface area contributed by atoms with E-state index in [9.17, 15) is 8.42 Å². The molecular formula is C11H16ClNO2S. The average molecular weight is 262 g/mol. The van der Waals surface area contributed by atoms with Gasteiger partial charge in [-0.2, -0.15) is 0 Å². The number of unbranched alkanes of at least 4 members (excludes halogenated alkanes) is 1. The van der Waals surface area contributed by atoms with Gasteiger partial charge in [0.15, 0.2) is 0 Å². The summed E-state index contributed by atoms with van der Waals surface area (Å²) < 4.78 is 25.0. The Balaban J connectivity index is 2.97. The first kappa shape index (κ1) is 13.3. The second kappa shape index (κ2) is 6.11. The zero-order valence-electron chi connectivity index (χ0n) is 9.27. The lowest BCUT2D eigenvalue weighted by Crippen LogP contribution is -2.32. The molecule has 5 heteroatoms. The molecule has 1 rings (SSSR count). The van der Waals surface area contributed by atoms with Crippen LogP contribution in [0.25, 0.3) is 0 Å². The summed E-state index contributed by atoms with van der Waals surface area (Å²) in [6.07, 6.45) is 1.77. The molecule has 0 amide bonds. The third-order valence-corrected chi connectivity index (χ3v) is 4.40. The van der Waals surface area contributed by atoms with Gasteiger partial charge in [-0.05, 0) is 18.6 Å². The van der Waals surface area contributed by atoms with E-state index in [0.717, 1.165) is 12.8 Å². The van der Waals surface area contributed by atoms with Crippen molar-refractivity contribution in [3.63, 3.8) is 0 Å². The van der Waals surface area contributed by atoms with Crippen LogP contribution in [0.3, 0.4) is 0 Å². The van der Waals surface area contributed by atoms with Gasteiger partial charge in [0.25, 0.3) is 0 Å². The van der Waals surface area contributed by atoms with Crippen LogP contribution in [0.5, 0.6) is 0 Å². The minimum Gasteiger partial charge on any atom is -0.269 e. The molecule has 0 aliphatic carbocycles. The van der Waals surface area contributed by atoms with Gasteiger partial charge in [0.05, 0.1) is 5.69 Å². The molecule has 0 aromatic heterocycles. The Hall–Kier alpha value is -0.740. The molecular weight excluding hydrogens is 246 g/mol. The molecule has 90 valence electrons. The molecule has 0 fully saturated rings. The summed E-state index contributed by atoms with van der Waals surface area (Å²) in [6, 6.07) is 9.05. The van der Waals surface area contributed by atoms with E-state index in [1.807, 2.05) is 25.1 Å². The van der Waals surface area contributed by atoms with Gasteiger partial charge in [-0.1, -0.05) is 31.5 Å². The highest BCUT2D eigenvalue weighted by atomic mass is 35.5. The Labute approximate surface area is 102 Å². The number of hydrogen-bond acceptors (Lipinski definition) is 2. The molecule has 0 unspecified atom stereocenters. The van der Waals surface area contributed by atoms with Crippen LogP contribution in [-0.4, -0.2) is 20.2 Å². The lowest BCUT2D eigenvalue weighted by atomic mass is 10.3. The monoisotopic (exact) mass is 261 g/mol. The van der Waals surface area contributed by atoms with E-state index >= 15 is 0 Å². The number of anilines is 1. The quantitative estimate of drug-likeness (QED) is 0.739. The Morgan fingerprint density at radius 2 is 1.88 bits per heavy atom. The second-order valence-electron chi connectivity index (χ2n) is 3.48. The third kappa shape index (κ3) is 3.39. The van der Waals surface area contributed by atoms with Gasteiger partial charge in [-0.15, -0.1) is 11.6 Å². The Bertz CT molecular complexity index is 405. The van der Waals surface area contributed by atoms with Crippen molar-refractivity contribution in [1.29, 1.82) is 0 Å². The minimum absolute atomic E-state index is 0.383. The van der Waals surface area contributed by atoms with E-state index in [1.54, 1.807) is 12.1 Å². The molecule has 3 nitrogen and oxygen atoms in total. The molecule has 1 aromatic rings. The summed E-state index contributed by atoms with van der Waals surface area (Å²) in [4.78, 5) is 0. The van der Waals surface area contributed by atoms with Gasteiger partial charge in [0, 0.05) is 6.54 Å². The average Bonchev–Trinajstić information content (AvgIpc) is 2.31. The summed E-state index contributed by atoms with van der Waals surface area (Å²) in [7, 11) is -3.39. The maximum atomic E-state index is 11.8. The van der Waals surface area contributed by atoms with E-state index in [2.05, 4.69) is 0 Å². The van der Waals surface area contributed by atoms with Crippen molar-refractivity contribution in [2.75, 3.05) is 16.1 Å². The van der Waals surface area contributed by atoms with Crippen LogP contribution in [0, 0.1) is 0 Å². The van der Waals surface area contributed by atoms with Crippen LogP contribution in [0.4, 0.5) is 5.69 Å². The molecule has 0 spiro atoms. The van der Waals surface area contributed by atoms with E-state index in [4.69, 9.17) is 11.6 Å². The maximum absolute atomic E-state index is 11.8. The molecule has 0 aliphatic rings. The number of sulfonamides is 1. The Kier molecular flexibility index (Phi) is 5.09. The van der Waals surface area contributed by atoms with Crippen molar-refractivity contribution < 1.29 is 8.42 Å². The van der Waals surface area contributed by atoms with Crippen molar-refractivity contribution in [3.05, 3.63) is 30.3 Å². The lowest BCUT2D eigenvalue weighted by molar-refractivity contribution is 0.593. The Morgan fingerprint density at radius 3 is 2.38 bits per heavy atom. The molecule has 1 aromatic carbocycles. The highest BCUT2D eigenvalue weighted by Crippen LogP contribution is 2.19. The van der Waals surface area contributed by atoms with Gasteiger partial charge in [0.2, 0.25) is 10.0 Å². The molecule has 0 heterocycles. The number of alkyl halides is 1. The number of benzene rings is 1. The first-order valence-corrected chi connectivity index (χ1v) is 7.37. The van der Waals surface area contributed by atoms with Crippen molar-refractivity contribution >= 4 is 27.3 Å². The smallest absolute Gasteiger partial charge is 0.249 e. The summed E-state index contributed by atoms with van der Waals surface area (Å²) in [5, 5.41) is -0.383. The van der Waals surface area contributed by atoms with Gasteiger partial charge in [-0.25, -0.2) is 8.42 Å². The third-order valence-electron chi connectivity index (χ3n) is 2.23. The topological polar surface area (TPSA) is 37.4 Å². The van der Waals surface area contributed by atoms with Crippen molar-refractivity contribution in [3.8, 4) is 0 Å². The lowest BCUT2D eigenvalue weighted by Gasteiger charge is -2.22. The number of nitrogens with zero attached hydrogens (tertiary/aromatic N) is 1. The molecule has 0 atom stereocenters. The fourth-order valence-corrected chi connectivity index (χ4v) is 2.71. The predicted molar refractivity (Wildman–Crippen MR) is 68.3 cm³/mol. The van der Waals surface area contributed by atoms with Crippen LogP contribution in [0.2, 0.25) is 0 Å². The van der Waals surface area contributed by atoms with Crippen LogP contribution in [0.1, 0.15) is 19.8 Å². The fraction of sp³-hybridized carbons (Fsp3) is 0.455. The Morgan fingerprint density at radius 1 is 1.25 bits per heavy atom. The van der Waals surface area contributed by atoms with Gasteiger partial charge >= 0.3 is 0 Å². The van der Waals surface area contributed by atoms with E-state index < -0.39 is 10.0 Å². The van der Waals surface area contributed by atoms with Gasteiger partial charge in [-0.3, -0.25) is 4.31 Å². The van der Waals surface area contributed by atoms with Gasteiger partial charge < -0.3 is 0 Å². The number of para-hydroxylation sites is 1. The molecule has 0 radical (unpaired) electrons. The van der Waals surface area contributed by atoms with Crippen molar-refractivity contribution in [1.82, 2.24) is 0 Å². The molecule has 16 heavy (non-hydrogen) atoms. The summed E-state index contributed by atoms with van der Waals surface area (Å²) in [5.74, 6) is 0. The minimum atomic E-state index is -3.39. The van der Waals surface area contributed by atoms with Crippen molar-refractivity contribution in [2.24, 2.45) is 0 Å². The molecule has 0 aliphatic heterocycles. The predicted octanol–water partition coefficient (Wildman–Crippen LogP) is 2.82. The van der Waals surface area contributed by atoms with Crippen LogP contribution in [0.15, 0.2) is 30.3 Å². The summed E-state index contributed by atoms with van der Waals surface area (Å²) in [6.45, 7) is 2.51. The molecule has 0 N–H and O–H groups in total. The highest BCUT2D eigenvalue weighted by Gasteiger charge is 2.20. The number of halogens is 1. The first-order valence-electron chi connectivity index (χ1n) is 5.23. The zero-order valence-corrected chi connectivity index (χ0v) is 10.8. The summed E-state index contributed by atoms with van der Waals surface area (Å²) in [5.41, 5.74) is 0.677. The highest BCUT2D eigenvalue weighted by molar-refractivity contribution is 7.93. The largest absolute Gasteiger partial charge is 0.269 e. The molecule has 0 saturated heterocycles. The standard InChI is InChI=1S/C11H16ClNO2S/c1-2-3-9-13(16(14,15)10-12)11-7-5-4-6-8-11/h4-8H,2-3,9-10H2,1H3. The van der Waals surface area contributed by atoms with Gasteiger partial charge in [0.1, 0.15) is 5.21 Å². The maximum Gasteiger partial charge on any atom is 0.249 e. The van der Waals surface area contributed by atoms with Crippen molar-refractivity contribution in [2.45, 2.75) is 19.8 Å². The molecule has 0 bridgehead atoms. The first-order chi connectivity index (χ1) is 7.61. The fourth-order valence-electron chi connectivity index (χ4n) is 1.38. The number of rotatable bonds is 6. The SMILES string of the molecule is CCCCN(c1ccccc1)S(=O)(=O)CCl. The van der Waals surface area contributed by atoms with E-state index in [0.29, 0.717) is 12.2 Å². The molecule has 0 saturated carbocycles. The van der Waals surface area contributed by atoms with Crippen LogP contribution < -0.4 is 4.31 Å².